The third-order valence-corrected chi connectivity index (χ3v) is 1.40. The third-order valence-electron chi connectivity index (χ3n) is 1.40. The average molecular weight is 187 g/mol. The molecule has 6 heteroatoms. The van der Waals surface area contributed by atoms with Gasteiger partial charge in [0, 0.05) is 27.1 Å². The highest BCUT2D eigenvalue weighted by Gasteiger charge is 2.22. The standard InChI is InChI=1S/C7H13N3O3/c1-5(11)10(4-3-8)7(13)6(12)9-2/h3-4,8H2,1-2H3,(H,9,12). The minimum Gasteiger partial charge on any atom is -0.351 e. The van der Waals surface area contributed by atoms with E-state index in [1.165, 1.54) is 14.0 Å². The van der Waals surface area contributed by atoms with E-state index in [-0.39, 0.29) is 13.1 Å². The van der Waals surface area contributed by atoms with E-state index in [0.717, 1.165) is 4.90 Å². The molecule has 0 heterocycles. The second kappa shape index (κ2) is 5.26. The molecule has 0 radical (unpaired) electrons. The number of nitrogens with zero attached hydrogens (tertiary/aromatic N) is 1. The van der Waals surface area contributed by atoms with E-state index in [4.69, 9.17) is 5.73 Å². The summed E-state index contributed by atoms with van der Waals surface area (Å²) in [6.07, 6.45) is 0. The van der Waals surface area contributed by atoms with Crippen LogP contribution in [0.15, 0.2) is 0 Å². The second-order valence-corrected chi connectivity index (χ2v) is 2.34. The van der Waals surface area contributed by atoms with Crippen molar-refractivity contribution in [2.45, 2.75) is 6.92 Å². The van der Waals surface area contributed by atoms with Gasteiger partial charge in [-0.2, -0.15) is 0 Å². The lowest BCUT2D eigenvalue weighted by atomic mass is 10.4. The maximum absolute atomic E-state index is 11.1. The zero-order valence-corrected chi connectivity index (χ0v) is 7.66. The lowest BCUT2D eigenvalue weighted by Gasteiger charge is -2.16. The Morgan fingerprint density at radius 3 is 2.23 bits per heavy atom. The summed E-state index contributed by atoms with van der Waals surface area (Å²) < 4.78 is 0. The first-order chi connectivity index (χ1) is 6.04. The number of amides is 3. The van der Waals surface area contributed by atoms with Gasteiger partial charge in [-0.3, -0.25) is 19.3 Å². The smallest absolute Gasteiger partial charge is 0.318 e. The Bertz CT molecular complexity index is 227. The van der Waals surface area contributed by atoms with Crippen molar-refractivity contribution in [1.82, 2.24) is 10.2 Å². The summed E-state index contributed by atoms with van der Waals surface area (Å²) in [4.78, 5) is 33.6. The molecule has 3 amide bonds. The van der Waals surface area contributed by atoms with Gasteiger partial charge in [-0.05, 0) is 0 Å². The van der Waals surface area contributed by atoms with Crippen molar-refractivity contribution in [2.75, 3.05) is 20.1 Å². The maximum Gasteiger partial charge on any atom is 0.318 e. The summed E-state index contributed by atoms with van der Waals surface area (Å²) in [5.74, 6) is -2.18. The van der Waals surface area contributed by atoms with Crippen molar-refractivity contribution >= 4 is 17.7 Å². The van der Waals surface area contributed by atoms with Crippen LogP contribution in [0.4, 0.5) is 0 Å². The lowest BCUT2D eigenvalue weighted by Crippen LogP contribution is -2.46. The molecule has 0 spiro atoms. The molecule has 0 aromatic heterocycles. The van der Waals surface area contributed by atoms with Gasteiger partial charge >= 0.3 is 11.8 Å². The van der Waals surface area contributed by atoms with Gasteiger partial charge in [0.25, 0.3) is 0 Å². The van der Waals surface area contributed by atoms with Gasteiger partial charge in [-0.25, -0.2) is 0 Å². The largest absolute Gasteiger partial charge is 0.351 e. The SMILES string of the molecule is CNC(=O)C(=O)N(CCN)C(C)=O. The number of hydrogen-bond donors (Lipinski definition) is 2. The molecule has 0 bridgehead atoms. The van der Waals surface area contributed by atoms with Crippen LogP contribution in [0.2, 0.25) is 0 Å². The first-order valence-electron chi connectivity index (χ1n) is 3.78. The number of nitrogens with two attached hydrogens (primary N) is 1. The van der Waals surface area contributed by atoms with Gasteiger partial charge in [-0.1, -0.05) is 0 Å². The molecular formula is C7H13N3O3. The second-order valence-electron chi connectivity index (χ2n) is 2.34. The maximum atomic E-state index is 11.1. The van der Waals surface area contributed by atoms with E-state index in [0.29, 0.717) is 0 Å². The van der Waals surface area contributed by atoms with Crippen molar-refractivity contribution in [2.24, 2.45) is 5.73 Å². The quantitative estimate of drug-likeness (QED) is 0.492. The zero-order valence-electron chi connectivity index (χ0n) is 7.66. The molecule has 74 valence electrons. The van der Waals surface area contributed by atoms with E-state index in [9.17, 15) is 14.4 Å². The molecule has 0 saturated carbocycles. The van der Waals surface area contributed by atoms with E-state index in [2.05, 4.69) is 5.32 Å². The molecule has 0 aliphatic heterocycles. The Morgan fingerprint density at radius 2 is 1.92 bits per heavy atom. The molecule has 0 aromatic carbocycles. The van der Waals surface area contributed by atoms with Crippen LogP contribution in [0.1, 0.15) is 6.92 Å². The van der Waals surface area contributed by atoms with Gasteiger partial charge in [0.2, 0.25) is 5.91 Å². The number of likely N-dealkylation sites (N-methyl/N-ethyl adjacent to an activating group) is 1. The fourth-order valence-electron chi connectivity index (χ4n) is 0.761. The normalized spacial score (nSPS) is 9.15. The molecule has 0 atom stereocenters. The van der Waals surface area contributed by atoms with Gasteiger partial charge in [0.1, 0.15) is 0 Å². The van der Waals surface area contributed by atoms with Crippen LogP contribution in [0.5, 0.6) is 0 Å². The molecule has 13 heavy (non-hydrogen) atoms. The van der Waals surface area contributed by atoms with Gasteiger partial charge < -0.3 is 11.1 Å². The Balaban J connectivity index is 4.46. The van der Waals surface area contributed by atoms with E-state index < -0.39 is 17.7 Å². The summed E-state index contributed by atoms with van der Waals surface area (Å²) in [6, 6.07) is 0. The third kappa shape index (κ3) is 3.20. The van der Waals surface area contributed by atoms with Crippen LogP contribution in [0, 0.1) is 0 Å². The fourth-order valence-corrected chi connectivity index (χ4v) is 0.761. The molecular weight excluding hydrogens is 174 g/mol. The monoisotopic (exact) mass is 187 g/mol. The van der Waals surface area contributed by atoms with Crippen LogP contribution in [0.25, 0.3) is 0 Å². The minimum absolute atomic E-state index is 0.0571. The molecule has 6 nitrogen and oxygen atoms in total. The number of hydrogen-bond acceptors (Lipinski definition) is 4. The Morgan fingerprint density at radius 1 is 1.38 bits per heavy atom. The number of imide groups is 1. The molecule has 3 N–H and O–H groups in total. The molecule has 0 saturated heterocycles. The molecule has 0 aliphatic carbocycles. The van der Waals surface area contributed by atoms with Crippen LogP contribution in [-0.4, -0.2) is 42.8 Å². The molecule has 0 rings (SSSR count). The Labute approximate surface area is 76.1 Å². The van der Waals surface area contributed by atoms with Gasteiger partial charge in [0.15, 0.2) is 0 Å². The summed E-state index contributed by atoms with van der Waals surface area (Å²) in [5.41, 5.74) is 5.17. The fraction of sp³-hybridized carbons (Fsp3) is 0.571. The highest BCUT2D eigenvalue weighted by molar-refractivity contribution is 6.37. The molecule has 0 fully saturated rings. The van der Waals surface area contributed by atoms with Crippen LogP contribution >= 0.6 is 0 Å². The summed E-state index contributed by atoms with van der Waals surface area (Å²) in [7, 11) is 1.32. The topological polar surface area (TPSA) is 92.5 Å². The predicted molar refractivity (Wildman–Crippen MR) is 45.5 cm³/mol. The van der Waals surface area contributed by atoms with Crippen LogP contribution in [-0.2, 0) is 14.4 Å². The van der Waals surface area contributed by atoms with Crippen molar-refractivity contribution < 1.29 is 14.4 Å². The number of carbonyl (C=O) groups excluding carboxylic acids is 3. The van der Waals surface area contributed by atoms with Gasteiger partial charge in [0.05, 0.1) is 0 Å². The van der Waals surface area contributed by atoms with Crippen molar-refractivity contribution in [1.29, 1.82) is 0 Å². The van der Waals surface area contributed by atoms with Crippen molar-refractivity contribution in [3.8, 4) is 0 Å². The van der Waals surface area contributed by atoms with E-state index >= 15 is 0 Å². The Kier molecular flexibility index (Phi) is 4.68. The average Bonchev–Trinajstić information content (AvgIpc) is 2.11. The highest BCUT2D eigenvalue weighted by Crippen LogP contribution is 1.90. The van der Waals surface area contributed by atoms with E-state index in [1.54, 1.807) is 0 Å². The summed E-state index contributed by atoms with van der Waals surface area (Å²) in [6.45, 7) is 1.40. The molecule has 0 unspecified atom stereocenters. The zero-order chi connectivity index (χ0) is 10.4. The van der Waals surface area contributed by atoms with E-state index in [1.807, 2.05) is 0 Å². The van der Waals surface area contributed by atoms with Crippen LogP contribution < -0.4 is 11.1 Å². The van der Waals surface area contributed by atoms with Crippen molar-refractivity contribution in [3.05, 3.63) is 0 Å². The van der Waals surface area contributed by atoms with Gasteiger partial charge in [-0.15, -0.1) is 0 Å². The molecule has 0 aliphatic rings. The van der Waals surface area contributed by atoms with Crippen molar-refractivity contribution in [3.63, 3.8) is 0 Å². The summed E-state index contributed by atoms with van der Waals surface area (Å²) in [5, 5.41) is 2.14. The first kappa shape index (κ1) is 11.6. The highest BCUT2D eigenvalue weighted by atomic mass is 16.2. The minimum atomic E-state index is -0.875. The lowest BCUT2D eigenvalue weighted by molar-refractivity contribution is -0.151. The summed E-state index contributed by atoms with van der Waals surface area (Å²) >= 11 is 0. The number of rotatable bonds is 2. The number of nitrogens with one attached hydrogen (secondary N) is 1. The van der Waals surface area contributed by atoms with Crippen LogP contribution in [0.3, 0.4) is 0 Å². The molecule has 0 aromatic rings. The Hall–Kier alpha value is -1.43. The number of carbonyl (C=O) groups is 3. The predicted octanol–water partition coefficient (Wildman–Crippen LogP) is -1.93. The first-order valence-corrected chi connectivity index (χ1v) is 3.78.